The third-order valence-corrected chi connectivity index (χ3v) is 5.96. The van der Waals surface area contributed by atoms with Gasteiger partial charge >= 0.3 is 5.97 Å². The van der Waals surface area contributed by atoms with Gasteiger partial charge in [-0.1, -0.05) is 50.2 Å². The van der Waals surface area contributed by atoms with Crippen LogP contribution in [-0.4, -0.2) is 66.2 Å². The molecule has 0 unspecified atom stereocenters. The highest BCUT2D eigenvalue weighted by Crippen LogP contribution is 2.13. The molecule has 0 bridgehead atoms. The van der Waals surface area contributed by atoms with Crippen molar-refractivity contribution >= 4 is 17.9 Å². The smallest absolute Gasteiger partial charge is 0.320 e. The standard InChI is InChI=1S/C29H42N4O4/c1-4-16-31(17-5-2)18-7-8-19-32(24-29(34)37-6-3)23-26-14-12-25(13-15-26)21-30-22-27-10-9-11-28(20-27)33(35)36/h9-15,20,22H,4-8,16-19,21,23-24H2,1-3H3. The first-order valence-electron chi connectivity index (χ1n) is 13.4. The van der Waals surface area contributed by atoms with Crippen LogP contribution in [0.3, 0.4) is 0 Å². The van der Waals surface area contributed by atoms with Crippen molar-refractivity contribution in [2.24, 2.45) is 4.99 Å². The first kappa shape index (κ1) is 30.1. The minimum absolute atomic E-state index is 0.0555. The molecule has 0 amide bonds. The van der Waals surface area contributed by atoms with Gasteiger partial charge in [-0.15, -0.1) is 0 Å². The van der Waals surface area contributed by atoms with Crippen LogP contribution >= 0.6 is 0 Å². The van der Waals surface area contributed by atoms with Crippen molar-refractivity contribution in [3.8, 4) is 0 Å². The Bertz CT molecular complexity index is 972. The van der Waals surface area contributed by atoms with Gasteiger partial charge in [0.25, 0.3) is 5.69 Å². The van der Waals surface area contributed by atoms with Crippen LogP contribution < -0.4 is 0 Å². The van der Waals surface area contributed by atoms with Gasteiger partial charge in [-0.05, 0) is 75.5 Å². The SMILES string of the molecule is CCCN(CCC)CCCCN(CC(=O)OCC)Cc1ccc(CN=Cc2cccc([N+](=O)[O-])c2)cc1. The zero-order valence-corrected chi connectivity index (χ0v) is 22.6. The number of nitro groups is 1. The molecule has 0 aliphatic rings. The minimum Gasteiger partial charge on any atom is -0.465 e. The Kier molecular flexibility index (Phi) is 14.1. The highest BCUT2D eigenvalue weighted by molar-refractivity contribution is 5.80. The monoisotopic (exact) mass is 510 g/mol. The topological polar surface area (TPSA) is 88.3 Å². The highest BCUT2D eigenvalue weighted by atomic mass is 16.6. The molecule has 8 heteroatoms. The molecule has 202 valence electrons. The number of carbonyl (C=O) groups is 1. The summed E-state index contributed by atoms with van der Waals surface area (Å²) in [5.74, 6) is -0.187. The summed E-state index contributed by atoms with van der Waals surface area (Å²) in [4.78, 5) is 31.8. The van der Waals surface area contributed by atoms with Crippen LogP contribution in [0.15, 0.2) is 53.5 Å². The number of aliphatic imine (C=N–C) groups is 1. The maximum atomic E-state index is 12.2. The number of non-ortho nitro benzene ring substituents is 1. The third kappa shape index (κ3) is 12.1. The zero-order valence-electron chi connectivity index (χ0n) is 22.6. The molecule has 37 heavy (non-hydrogen) atoms. The molecule has 0 atom stereocenters. The van der Waals surface area contributed by atoms with Gasteiger partial charge in [-0.3, -0.25) is 24.8 Å². The summed E-state index contributed by atoms with van der Waals surface area (Å²) in [6.07, 6.45) is 6.15. The molecule has 0 radical (unpaired) electrons. The van der Waals surface area contributed by atoms with E-state index in [0.29, 0.717) is 25.3 Å². The lowest BCUT2D eigenvalue weighted by molar-refractivity contribution is -0.384. The van der Waals surface area contributed by atoms with Crippen molar-refractivity contribution in [3.05, 3.63) is 75.3 Å². The van der Waals surface area contributed by atoms with Crippen molar-refractivity contribution in [2.75, 3.05) is 39.3 Å². The molecular weight excluding hydrogens is 468 g/mol. The lowest BCUT2D eigenvalue weighted by Gasteiger charge is -2.24. The number of nitro benzene ring substituents is 1. The molecule has 2 aromatic rings. The average molecular weight is 511 g/mol. The van der Waals surface area contributed by atoms with E-state index >= 15 is 0 Å². The van der Waals surface area contributed by atoms with Gasteiger partial charge in [0.1, 0.15) is 0 Å². The van der Waals surface area contributed by atoms with E-state index in [0.717, 1.165) is 50.1 Å². The summed E-state index contributed by atoms with van der Waals surface area (Å²) in [7, 11) is 0. The summed E-state index contributed by atoms with van der Waals surface area (Å²) in [5, 5.41) is 10.9. The van der Waals surface area contributed by atoms with Crippen LogP contribution in [0.2, 0.25) is 0 Å². The van der Waals surface area contributed by atoms with Crippen LogP contribution in [0.25, 0.3) is 0 Å². The van der Waals surface area contributed by atoms with E-state index in [-0.39, 0.29) is 18.2 Å². The molecule has 0 aliphatic carbocycles. The zero-order chi connectivity index (χ0) is 26.9. The molecule has 0 aromatic heterocycles. The number of carbonyl (C=O) groups excluding carboxylic acids is 1. The number of hydrogen-bond donors (Lipinski definition) is 0. The number of nitrogens with zero attached hydrogens (tertiary/aromatic N) is 4. The maximum Gasteiger partial charge on any atom is 0.320 e. The van der Waals surface area contributed by atoms with Crippen LogP contribution in [0.1, 0.15) is 63.1 Å². The second-order valence-corrected chi connectivity index (χ2v) is 9.20. The van der Waals surface area contributed by atoms with Gasteiger partial charge in [-0.2, -0.15) is 0 Å². The van der Waals surface area contributed by atoms with E-state index in [1.807, 2.05) is 19.1 Å². The molecule has 0 saturated heterocycles. The minimum atomic E-state index is -0.408. The van der Waals surface area contributed by atoms with E-state index in [4.69, 9.17) is 4.74 Å². The lowest BCUT2D eigenvalue weighted by Crippen LogP contribution is -2.32. The molecule has 0 spiro atoms. The molecule has 0 aliphatic heterocycles. The molecular formula is C29H42N4O4. The molecule has 2 rings (SSSR count). The highest BCUT2D eigenvalue weighted by Gasteiger charge is 2.13. The fourth-order valence-corrected chi connectivity index (χ4v) is 4.23. The fraction of sp³-hybridized carbons (Fsp3) is 0.517. The molecule has 0 fully saturated rings. The predicted molar refractivity (Wildman–Crippen MR) is 149 cm³/mol. The number of ether oxygens (including phenoxy) is 1. The number of rotatable bonds is 18. The van der Waals surface area contributed by atoms with Crippen LogP contribution in [-0.2, 0) is 22.6 Å². The van der Waals surface area contributed by atoms with Gasteiger partial charge in [0.2, 0.25) is 0 Å². The first-order valence-corrected chi connectivity index (χ1v) is 13.4. The molecule has 8 nitrogen and oxygen atoms in total. The van der Waals surface area contributed by atoms with Crippen molar-refractivity contribution in [2.45, 2.75) is 59.5 Å². The average Bonchev–Trinajstić information content (AvgIpc) is 2.88. The molecule has 0 N–H and O–H groups in total. The Morgan fingerprint density at radius 3 is 2.22 bits per heavy atom. The van der Waals surface area contributed by atoms with E-state index in [1.54, 1.807) is 18.3 Å². The lowest BCUT2D eigenvalue weighted by atomic mass is 10.1. The van der Waals surface area contributed by atoms with Crippen molar-refractivity contribution in [3.63, 3.8) is 0 Å². The third-order valence-electron chi connectivity index (χ3n) is 5.96. The predicted octanol–water partition coefficient (Wildman–Crippen LogP) is 5.48. The summed E-state index contributed by atoms with van der Waals surface area (Å²) >= 11 is 0. The van der Waals surface area contributed by atoms with Gasteiger partial charge in [-0.25, -0.2) is 0 Å². The van der Waals surface area contributed by atoms with Gasteiger partial charge < -0.3 is 9.64 Å². The van der Waals surface area contributed by atoms with Crippen molar-refractivity contribution in [1.29, 1.82) is 0 Å². The van der Waals surface area contributed by atoms with E-state index in [1.165, 1.54) is 25.0 Å². The Hall–Kier alpha value is -3.10. The Balaban J connectivity index is 1.91. The van der Waals surface area contributed by atoms with Gasteiger partial charge in [0.15, 0.2) is 0 Å². The van der Waals surface area contributed by atoms with Crippen molar-refractivity contribution < 1.29 is 14.5 Å². The largest absolute Gasteiger partial charge is 0.465 e. The fourth-order valence-electron chi connectivity index (χ4n) is 4.23. The Labute approximate surface area is 221 Å². The first-order chi connectivity index (χ1) is 17.9. The normalized spacial score (nSPS) is 11.5. The summed E-state index contributed by atoms with van der Waals surface area (Å²) in [6, 6.07) is 14.6. The number of esters is 1. The molecule has 2 aromatic carbocycles. The molecule has 0 saturated carbocycles. The maximum absolute atomic E-state index is 12.2. The summed E-state index contributed by atoms with van der Waals surface area (Å²) < 4.78 is 5.20. The summed E-state index contributed by atoms with van der Waals surface area (Å²) in [5.41, 5.74) is 2.94. The Morgan fingerprint density at radius 1 is 0.946 bits per heavy atom. The van der Waals surface area contributed by atoms with Crippen LogP contribution in [0.5, 0.6) is 0 Å². The quantitative estimate of drug-likeness (QED) is 0.0867. The van der Waals surface area contributed by atoms with Crippen molar-refractivity contribution in [1.82, 2.24) is 9.80 Å². The van der Waals surface area contributed by atoms with E-state index in [9.17, 15) is 14.9 Å². The molecule has 0 heterocycles. The number of hydrogen-bond acceptors (Lipinski definition) is 7. The summed E-state index contributed by atoms with van der Waals surface area (Å²) in [6.45, 7) is 12.4. The van der Waals surface area contributed by atoms with Gasteiger partial charge in [0.05, 0.1) is 24.6 Å². The number of benzene rings is 2. The Morgan fingerprint density at radius 2 is 1.59 bits per heavy atom. The van der Waals surface area contributed by atoms with E-state index < -0.39 is 4.92 Å². The van der Waals surface area contributed by atoms with E-state index in [2.05, 4.69) is 40.8 Å². The van der Waals surface area contributed by atoms with Crippen LogP contribution in [0.4, 0.5) is 5.69 Å². The second kappa shape index (κ2) is 17.4. The van der Waals surface area contributed by atoms with Crippen LogP contribution in [0, 0.1) is 10.1 Å². The second-order valence-electron chi connectivity index (χ2n) is 9.20. The van der Waals surface area contributed by atoms with Gasteiger partial charge in [0, 0.05) is 24.9 Å². The number of unbranched alkanes of at least 4 members (excludes halogenated alkanes) is 1.